The Morgan fingerprint density at radius 2 is 1.83 bits per heavy atom. The molecule has 0 fully saturated rings. The van der Waals surface area contributed by atoms with Crippen LogP contribution < -0.4 is 0 Å². The van der Waals surface area contributed by atoms with Crippen molar-refractivity contribution in [2.75, 3.05) is 0 Å². The molecule has 0 aromatic carbocycles. The normalized spacial score (nSPS) is 19.9. The maximum Gasteiger partial charge on any atom is 0.317 e. The lowest BCUT2D eigenvalue weighted by Gasteiger charge is -2.35. The van der Waals surface area contributed by atoms with Crippen molar-refractivity contribution in [2.45, 2.75) is 26.6 Å². The Labute approximate surface area is 70.8 Å². The molecule has 0 saturated carbocycles. The SMILES string of the molecule is CC1(C(C)(C)C(=O)O)OC=CO1. The largest absolute Gasteiger partial charge is 0.481 e. The molecule has 0 radical (unpaired) electrons. The molecule has 0 amide bonds. The first-order valence-corrected chi connectivity index (χ1v) is 3.64. The summed E-state index contributed by atoms with van der Waals surface area (Å²) in [6, 6.07) is 0. The topological polar surface area (TPSA) is 55.8 Å². The molecule has 0 unspecified atom stereocenters. The zero-order valence-electron chi connectivity index (χ0n) is 7.33. The summed E-state index contributed by atoms with van der Waals surface area (Å²) >= 11 is 0. The molecule has 0 saturated heterocycles. The third kappa shape index (κ3) is 1.03. The fraction of sp³-hybridized carbons (Fsp3) is 0.625. The summed E-state index contributed by atoms with van der Waals surface area (Å²) in [7, 11) is 0. The van der Waals surface area contributed by atoms with Crippen LogP contribution in [0.5, 0.6) is 0 Å². The average Bonchev–Trinajstić information content (AvgIpc) is 2.37. The molecule has 0 aromatic heterocycles. The average molecular weight is 172 g/mol. The maximum absolute atomic E-state index is 10.8. The van der Waals surface area contributed by atoms with Gasteiger partial charge in [-0.2, -0.15) is 0 Å². The van der Waals surface area contributed by atoms with E-state index in [4.69, 9.17) is 14.6 Å². The number of hydrogen-bond donors (Lipinski definition) is 1. The van der Waals surface area contributed by atoms with Gasteiger partial charge in [-0.3, -0.25) is 4.79 Å². The Bertz CT molecular complexity index is 221. The van der Waals surface area contributed by atoms with Gasteiger partial charge in [-0.05, 0) is 13.8 Å². The second-order valence-electron chi connectivity index (χ2n) is 3.38. The van der Waals surface area contributed by atoms with E-state index in [1.54, 1.807) is 20.8 Å². The Hall–Kier alpha value is -1.19. The summed E-state index contributed by atoms with van der Waals surface area (Å²) in [5.74, 6) is -2.05. The van der Waals surface area contributed by atoms with E-state index in [1.165, 1.54) is 12.5 Å². The van der Waals surface area contributed by atoms with Crippen molar-refractivity contribution in [1.29, 1.82) is 0 Å². The molecule has 0 aliphatic carbocycles. The monoisotopic (exact) mass is 172 g/mol. The number of carboxylic acids is 1. The Kier molecular flexibility index (Phi) is 1.78. The van der Waals surface area contributed by atoms with Crippen LogP contribution in [0, 0.1) is 5.41 Å². The van der Waals surface area contributed by atoms with Crippen LogP contribution in [-0.4, -0.2) is 16.9 Å². The molecule has 0 spiro atoms. The number of carbonyl (C=O) groups is 1. The Balaban J connectivity index is 2.87. The summed E-state index contributed by atoms with van der Waals surface area (Å²) in [6.07, 6.45) is 2.70. The van der Waals surface area contributed by atoms with Crippen LogP contribution in [0.1, 0.15) is 20.8 Å². The van der Waals surface area contributed by atoms with Crippen molar-refractivity contribution in [2.24, 2.45) is 5.41 Å². The Morgan fingerprint density at radius 3 is 2.17 bits per heavy atom. The third-order valence-electron chi connectivity index (χ3n) is 2.31. The van der Waals surface area contributed by atoms with Gasteiger partial charge in [-0.15, -0.1) is 0 Å². The van der Waals surface area contributed by atoms with Crippen LogP contribution in [0.4, 0.5) is 0 Å². The lowest BCUT2D eigenvalue weighted by atomic mass is 9.84. The smallest absolute Gasteiger partial charge is 0.317 e. The minimum Gasteiger partial charge on any atom is -0.481 e. The molecule has 68 valence electrons. The van der Waals surface area contributed by atoms with Gasteiger partial charge in [0.2, 0.25) is 0 Å². The molecule has 1 rings (SSSR count). The summed E-state index contributed by atoms with van der Waals surface area (Å²) in [4.78, 5) is 10.8. The van der Waals surface area contributed by atoms with Gasteiger partial charge < -0.3 is 14.6 Å². The first kappa shape index (κ1) is 8.90. The van der Waals surface area contributed by atoms with Crippen molar-refractivity contribution in [1.82, 2.24) is 0 Å². The van der Waals surface area contributed by atoms with Crippen molar-refractivity contribution in [3.63, 3.8) is 0 Å². The lowest BCUT2D eigenvalue weighted by Crippen LogP contribution is -2.48. The standard InChI is InChI=1S/C8H12O4/c1-7(2,6(9)10)8(3)11-4-5-12-8/h4-5H,1-3H3,(H,9,10). The third-order valence-corrected chi connectivity index (χ3v) is 2.31. The summed E-state index contributed by atoms with van der Waals surface area (Å²) < 4.78 is 10.2. The number of carboxylic acid groups (broad SMARTS) is 1. The molecule has 1 aliphatic heterocycles. The van der Waals surface area contributed by atoms with E-state index in [0.29, 0.717) is 0 Å². The highest BCUT2D eigenvalue weighted by Crippen LogP contribution is 2.38. The molecule has 4 nitrogen and oxygen atoms in total. The molecule has 4 heteroatoms. The Morgan fingerprint density at radius 1 is 1.42 bits per heavy atom. The van der Waals surface area contributed by atoms with Crippen molar-refractivity contribution < 1.29 is 19.4 Å². The molecule has 0 atom stereocenters. The van der Waals surface area contributed by atoms with Gasteiger partial charge in [0.1, 0.15) is 17.9 Å². The molecule has 1 aliphatic rings. The van der Waals surface area contributed by atoms with E-state index in [2.05, 4.69) is 0 Å². The summed E-state index contributed by atoms with van der Waals surface area (Å²) in [5, 5.41) is 8.88. The van der Waals surface area contributed by atoms with Gasteiger partial charge in [0, 0.05) is 6.92 Å². The highest BCUT2D eigenvalue weighted by atomic mass is 16.7. The zero-order chi connectivity index (χ0) is 9.41. The van der Waals surface area contributed by atoms with Crippen LogP contribution in [0.2, 0.25) is 0 Å². The van der Waals surface area contributed by atoms with Crippen LogP contribution >= 0.6 is 0 Å². The van der Waals surface area contributed by atoms with E-state index < -0.39 is 17.2 Å². The predicted octanol–water partition coefficient (Wildman–Crippen LogP) is 1.33. The van der Waals surface area contributed by atoms with Crippen molar-refractivity contribution in [3.8, 4) is 0 Å². The number of aliphatic carboxylic acids is 1. The predicted molar refractivity (Wildman–Crippen MR) is 41.1 cm³/mol. The number of rotatable bonds is 2. The van der Waals surface area contributed by atoms with Gasteiger partial charge in [-0.25, -0.2) is 0 Å². The minimum absolute atomic E-state index is 0.950. The van der Waals surface area contributed by atoms with Gasteiger partial charge in [0.25, 0.3) is 5.79 Å². The molecule has 0 aromatic rings. The van der Waals surface area contributed by atoms with Gasteiger partial charge in [0.05, 0.1) is 0 Å². The van der Waals surface area contributed by atoms with Gasteiger partial charge >= 0.3 is 5.97 Å². The first-order valence-electron chi connectivity index (χ1n) is 3.64. The van der Waals surface area contributed by atoms with Gasteiger partial charge in [0.15, 0.2) is 0 Å². The molecular formula is C8H12O4. The van der Waals surface area contributed by atoms with Crippen LogP contribution in [0.25, 0.3) is 0 Å². The molecule has 1 N–H and O–H groups in total. The molecule has 12 heavy (non-hydrogen) atoms. The van der Waals surface area contributed by atoms with Crippen LogP contribution in [0.15, 0.2) is 12.5 Å². The van der Waals surface area contributed by atoms with E-state index >= 15 is 0 Å². The fourth-order valence-corrected chi connectivity index (χ4v) is 0.832. The summed E-state index contributed by atoms with van der Waals surface area (Å²) in [6.45, 7) is 4.71. The van der Waals surface area contributed by atoms with E-state index in [1.807, 2.05) is 0 Å². The maximum atomic E-state index is 10.8. The quantitative estimate of drug-likeness (QED) is 0.682. The van der Waals surface area contributed by atoms with E-state index in [9.17, 15) is 4.79 Å². The minimum atomic E-state index is -1.10. The lowest BCUT2D eigenvalue weighted by molar-refractivity contribution is -0.213. The second kappa shape index (κ2) is 2.40. The van der Waals surface area contributed by atoms with Crippen LogP contribution in [0.3, 0.4) is 0 Å². The highest BCUT2D eigenvalue weighted by molar-refractivity contribution is 5.75. The molecule has 0 bridgehead atoms. The first-order chi connectivity index (χ1) is 5.40. The molecule has 1 heterocycles. The van der Waals surface area contributed by atoms with Crippen molar-refractivity contribution >= 4 is 5.97 Å². The van der Waals surface area contributed by atoms with Crippen molar-refractivity contribution in [3.05, 3.63) is 12.5 Å². The van der Waals surface area contributed by atoms with E-state index in [0.717, 1.165) is 0 Å². The van der Waals surface area contributed by atoms with Gasteiger partial charge in [-0.1, -0.05) is 0 Å². The highest BCUT2D eigenvalue weighted by Gasteiger charge is 2.52. The number of ether oxygens (including phenoxy) is 2. The van der Waals surface area contributed by atoms with E-state index in [-0.39, 0.29) is 0 Å². The molecular weight excluding hydrogens is 160 g/mol. The summed E-state index contributed by atoms with van der Waals surface area (Å²) in [5.41, 5.74) is -1.07. The fourth-order valence-electron chi connectivity index (χ4n) is 0.832. The second-order valence-corrected chi connectivity index (χ2v) is 3.38. The zero-order valence-corrected chi connectivity index (χ0v) is 7.33. The van der Waals surface area contributed by atoms with Crippen LogP contribution in [-0.2, 0) is 14.3 Å². The number of hydrogen-bond acceptors (Lipinski definition) is 3.